The summed E-state index contributed by atoms with van der Waals surface area (Å²) in [6.45, 7) is 0. The van der Waals surface area contributed by atoms with Crippen molar-refractivity contribution in [2.75, 3.05) is 0 Å². The molecule has 2 N–H and O–H groups in total. The number of halogens is 2. The number of rotatable bonds is 3. The molecule has 0 bridgehead atoms. The van der Waals surface area contributed by atoms with E-state index >= 15 is 0 Å². The number of aliphatic hydroxyl groups is 1. The lowest BCUT2D eigenvalue weighted by molar-refractivity contribution is -0.122. The highest BCUT2D eigenvalue weighted by Gasteiger charge is 2.28. The van der Waals surface area contributed by atoms with E-state index in [1.165, 1.54) is 0 Å². The molecule has 1 aliphatic rings. The average Bonchev–Trinajstić information content (AvgIpc) is 2.20. The molecule has 0 radical (unpaired) electrons. The van der Waals surface area contributed by atoms with Crippen LogP contribution in [0.15, 0.2) is 18.2 Å². The van der Waals surface area contributed by atoms with Crippen LogP contribution >= 0.6 is 23.2 Å². The fourth-order valence-corrected chi connectivity index (χ4v) is 2.30. The second-order valence-corrected chi connectivity index (χ2v) is 5.15. The molecule has 3 nitrogen and oxygen atoms in total. The molecule has 17 heavy (non-hydrogen) atoms. The molecule has 5 heteroatoms. The Labute approximate surface area is 110 Å². The summed E-state index contributed by atoms with van der Waals surface area (Å²) in [5.41, 5.74) is 0.758. The van der Waals surface area contributed by atoms with Gasteiger partial charge in [0.05, 0.1) is 12.5 Å². The fraction of sp³-hybridized carbons (Fsp3) is 0.417. The predicted octanol–water partition coefficient (Wildman–Crippen LogP) is 2.18. The Balaban J connectivity index is 1.89. The summed E-state index contributed by atoms with van der Waals surface area (Å²) in [6, 6.07) is 5.19. The van der Waals surface area contributed by atoms with E-state index in [9.17, 15) is 4.79 Å². The molecule has 1 aromatic carbocycles. The van der Waals surface area contributed by atoms with Crippen LogP contribution in [-0.2, 0) is 11.2 Å². The smallest absolute Gasteiger partial charge is 0.224 e. The summed E-state index contributed by atoms with van der Waals surface area (Å²) in [7, 11) is 0. The van der Waals surface area contributed by atoms with Crippen LogP contribution < -0.4 is 5.32 Å². The number of carbonyl (C=O) groups is 1. The number of amides is 1. The van der Waals surface area contributed by atoms with Crippen molar-refractivity contribution in [3.63, 3.8) is 0 Å². The van der Waals surface area contributed by atoms with Crippen molar-refractivity contribution in [3.05, 3.63) is 33.8 Å². The van der Waals surface area contributed by atoms with Gasteiger partial charge in [0.1, 0.15) is 0 Å². The van der Waals surface area contributed by atoms with Crippen LogP contribution in [0.3, 0.4) is 0 Å². The summed E-state index contributed by atoms with van der Waals surface area (Å²) in [6.07, 6.45) is 1.25. The van der Waals surface area contributed by atoms with E-state index in [0.717, 1.165) is 5.56 Å². The summed E-state index contributed by atoms with van der Waals surface area (Å²) < 4.78 is 0. The largest absolute Gasteiger partial charge is 0.393 e. The number of hydrogen-bond donors (Lipinski definition) is 2. The Bertz CT molecular complexity index is 431. The fourth-order valence-electron chi connectivity index (χ4n) is 1.82. The maximum absolute atomic E-state index is 11.7. The van der Waals surface area contributed by atoms with E-state index in [1.54, 1.807) is 18.2 Å². The van der Waals surface area contributed by atoms with Gasteiger partial charge >= 0.3 is 0 Å². The van der Waals surface area contributed by atoms with E-state index in [0.29, 0.717) is 22.9 Å². The zero-order chi connectivity index (χ0) is 12.4. The minimum absolute atomic E-state index is 0.0777. The molecular formula is C12H13Cl2NO2. The number of hydrogen-bond acceptors (Lipinski definition) is 2. The lowest BCUT2D eigenvalue weighted by atomic mass is 9.89. The van der Waals surface area contributed by atoms with Gasteiger partial charge in [0.15, 0.2) is 0 Å². The zero-order valence-electron chi connectivity index (χ0n) is 9.12. The van der Waals surface area contributed by atoms with Gasteiger partial charge in [-0.05, 0) is 30.5 Å². The highest BCUT2D eigenvalue weighted by molar-refractivity contribution is 6.35. The number of carbonyl (C=O) groups excluding carboxylic acids is 1. The van der Waals surface area contributed by atoms with Gasteiger partial charge in [0.25, 0.3) is 0 Å². The zero-order valence-corrected chi connectivity index (χ0v) is 10.6. The summed E-state index contributed by atoms with van der Waals surface area (Å²) in [5, 5.41) is 13.0. The van der Waals surface area contributed by atoms with Gasteiger partial charge in [0.2, 0.25) is 5.91 Å². The molecule has 1 aromatic rings. The van der Waals surface area contributed by atoms with Gasteiger partial charge < -0.3 is 10.4 Å². The molecule has 2 rings (SSSR count). The van der Waals surface area contributed by atoms with E-state index in [-0.39, 0.29) is 24.5 Å². The molecule has 1 aliphatic carbocycles. The van der Waals surface area contributed by atoms with Crippen LogP contribution in [0.2, 0.25) is 10.0 Å². The van der Waals surface area contributed by atoms with Gasteiger partial charge in [-0.1, -0.05) is 29.3 Å². The monoisotopic (exact) mass is 273 g/mol. The first-order valence-corrected chi connectivity index (χ1v) is 6.21. The minimum Gasteiger partial charge on any atom is -0.393 e. The van der Waals surface area contributed by atoms with Gasteiger partial charge in [-0.2, -0.15) is 0 Å². The second kappa shape index (κ2) is 5.25. The molecule has 1 saturated carbocycles. The predicted molar refractivity (Wildman–Crippen MR) is 67.3 cm³/mol. The van der Waals surface area contributed by atoms with Crippen molar-refractivity contribution in [1.29, 1.82) is 0 Å². The van der Waals surface area contributed by atoms with Crippen molar-refractivity contribution in [3.8, 4) is 0 Å². The maximum atomic E-state index is 11.7. The van der Waals surface area contributed by atoms with Gasteiger partial charge in [-0.15, -0.1) is 0 Å². The van der Waals surface area contributed by atoms with Gasteiger partial charge in [0, 0.05) is 16.1 Å². The molecule has 0 saturated heterocycles. The number of aliphatic hydroxyl groups excluding tert-OH is 1. The standard InChI is InChI=1S/C12H13Cl2NO2/c13-8-2-1-7(11(14)4-8)3-12(17)15-9-5-10(16)6-9/h1-2,4,9-10,16H,3,5-6H2,(H,15,17). The lowest BCUT2D eigenvalue weighted by Crippen LogP contribution is -2.47. The van der Waals surface area contributed by atoms with Crippen molar-refractivity contribution in [2.24, 2.45) is 0 Å². The molecule has 0 aliphatic heterocycles. The molecule has 0 spiro atoms. The normalized spacial score (nSPS) is 23.0. The van der Waals surface area contributed by atoms with Crippen LogP contribution in [0.1, 0.15) is 18.4 Å². The van der Waals surface area contributed by atoms with E-state index in [1.807, 2.05) is 0 Å². The summed E-state index contributed by atoms with van der Waals surface area (Å²) in [5.74, 6) is -0.0777. The Kier molecular flexibility index (Phi) is 3.92. The highest BCUT2D eigenvalue weighted by atomic mass is 35.5. The number of benzene rings is 1. The first-order chi connectivity index (χ1) is 8.04. The first-order valence-electron chi connectivity index (χ1n) is 5.46. The molecule has 0 atom stereocenters. The average molecular weight is 274 g/mol. The Morgan fingerprint density at radius 1 is 1.41 bits per heavy atom. The number of nitrogens with one attached hydrogen (secondary N) is 1. The van der Waals surface area contributed by atoms with Crippen LogP contribution in [-0.4, -0.2) is 23.2 Å². The SMILES string of the molecule is O=C(Cc1ccc(Cl)cc1Cl)NC1CC(O)C1. The van der Waals surface area contributed by atoms with Crippen molar-refractivity contribution in [2.45, 2.75) is 31.4 Å². The Morgan fingerprint density at radius 3 is 2.71 bits per heavy atom. The molecule has 1 fully saturated rings. The van der Waals surface area contributed by atoms with E-state index < -0.39 is 0 Å². The van der Waals surface area contributed by atoms with Crippen LogP contribution in [0.4, 0.5) is 0 Å². The van der Waals surface area contributed by atoms with Crippen LogP contribution in [0.25, 0.3) is 0 Å². The van der Waals surface area contributed by atoms with Gasteiger partial charge in [-0.25, -0.2) is 0 Å². The topological polar surface area (TPSA) is 49.3 Å². The van der Waals surface area contributed by atoms with Crippen molar-refractivity contribution < 1.29 is 9.90 Å². The van der Waals surface area contributed by atoms with Crippen molar-refractivity contribution in [1.82, 2.24) is 5.32 Å². The van der Waals surface area contributed by atoms with Crippen molar-refractivity contribution >= 4 is 29.1 Å². The van der Waals surface area contributed by atoms with Crippen LogP contribution in [0, 0.1) is 0 Å². The van der Waals surface area contributed by atoms with Crippen LogP contribution in [0.5, 0.6) is 0 Å². The minimum atomic E-state index is -0.264. The summed E-state index contributed by atoms with van der Waals surface area (Å²) in [4.78, 5) is 11.7. The molecular weight excluding hydrogens is 261 g/mol. The first kappa shape index (κ1) is 12.7. The molecule has 0 aromatic heterocycles. The quantitative estimate of drug-likeness (QED) is 0.887. The third-order valence-corrected chi connectivity index (χ3v) is 3.43. The third-order valence-electron chi connectivity index (χ3n) is 2.84. The molecule has 1 amide bonds. The van der Waals surface area contributed by atoms with E-state index in [4.69, 9.17) is 28.3 Å². The van der Waals surface area contributed by atoms with E-state index in [2.05, 4.69) is 5.32 Å². The highest BCUT2D eigenvalue weighted by Crippen LogP contribution is 2.22. The summed E-state index contributed by atoms with van der Waals surface area (Å²) >= 11 is 11.7. The van der Waals surface area contributed by atoms with Gasteiger partial charge in [-0.3, -0.25) is 4.79 Å². The molecule has 0 unspecified atom stereocenters. The lowest BCUT2D eigenvalue weighted by Gasteiger charge is -2.31. The molecule has 0 heterocycles. The Hall–Kier alpha value is -0.770. The maximum Gasteiger partial charge on any atom is 0.224 e. The Morgan fingerprint density at radius 2 is 2.12 bits per heavy atom. The third kappa shape index (κ3) is 3.35. The second-order valence-electron chi connectivity index (χ2n) is 4.30. The molecule has 92 valence electrons.